The third-order valence-electron chi connectivity index (χ3n) is 3.19. The first kappa shape index (κ1) is 12.4. The molecule has 2 heterocycles. The number of hydrogen-bond acceptors (Lipinski definition) is 4. The van der Waals surface area contributed by atoms with Gasteiger partial charge in [0.25, 0.3) is 0 Å². The van der Waals surface area contributed by atoms with Gasteiger partial charge in [0.05, 0.1) is 0 Å². The average molecular weight is 262 g/mol. The number of rotatable bonds is 3. The molecule has 0 aliphatic heterocycles. The average Bonchev–Trinajstić information content (AvgIpc) is 2.56. The molecule has 2 aromatic heterocycles. The molecule has 4 heteroatoms. The molecule has 0 aliphatic rings. The first-order chi connectivity index (χ1) is 9.86. The number of nitrogens with zero attached hydrogens (tertiary/aromatic N) is 4. The van der Waals surface area contributed by atoms with Crippen molar-refractivity contribution in [3.05, 3.63) is 61.2 Å². The van der Waals surface area contributed by atoms with Gasteiger partial charge < -0.3 is 0 Å². The normalized spacial score (nSPS) is 10.4. The molecule has 0 amide bonds. The van der Waals surface area contributed by atoms with E-state index in [9.17, 15) is 0 Å². The van der Waals surface area contributed by atoms with E-state index in [0.29, 0.717) is 0 Å². The lowest BCUT2D eigenvalue weighted by Gasteiger charge is -2.08. The van der Waals surface area contributed by atoms with E-state index >= 15 is 0 Å². The molecule has 0 fully saturated rings. The van der Waals surface area contributed by atoms with E-state index in [4.69, 9.17) is 0 Å². The van der Waals surface area contributed by atoms with Crippen molar-refractivity contribution in [3.8, 4) is 22.3 Å². The lowest BCUT2D eigenvalue weighted by molar-refractivity contribution is 1.13. The third-order valence-corrected chi connectivity index (χ3v) is 3.19. The molecule has 0 radical (unpaired) electrons. The molecular weight excluding hydrogens is 248 g/mol. The summed E-state index contributed by atoms with van der Waals surface area (Å²) in [5.41, 5.74) is 5.53. The molecule has 0 saturated heterocycles. The highest BCUT2D eigenvalue weighted by molar-refractivity contribution is 5.72. The second-order valence-corrected chi connectivity index (χ2v) is 4.53. The van der Waals surface area contributed by atoms with E-state index in [1.165, 1.54) is 5.56 Å². The van der Waals surface area contributed by atoms with E-state index in [0.717, 1.165) is 28.7 Å². The van der Waals surface area contributed by atoms with E-state index in [1.807, 2.05) is 24.8 Å². The number of hydrogen-bond donors (Lipinski definition) is 0. The number of aryl methyl sites for hydroxylation is 1. The van der Waals surface area contributed by atoms with Gasteiger partial charge in [-0.05, 0) is 29.2 Å². The van der Waals surface area contributed by atoms with Crippen LogP contribution in [-0.4, -0.2) is 19.9 Å². The lowest BCUT2D eigenvalue weighted by atomic mass is 9.98. The van der Waals surface area contributed by atoms with Gasteiger partial charge in [0.1, 0.15) is 12.7 Å². The van der Waals surface area contributed by atoms with E-state index in [1.54, 1.807) is 12.7 Å². The Bertz CT molecular complexity index is 638. The molecule has 4 nitrogen and oxygen atoms in total. The van der Waals surface area contributed by atoms with Crippen molar-refractivity contribution in [1.82, 2.24) is 19.9 Å². The summed E-state index contributed by atoms with van der Waals surface area (Å²) in [6, 6.07) is 6.47. The third kappa shape index (κ3) is 2.54. The zero-order chi connectivity index (χ0) is 13.8. The highest BCUT2D eigenvalue weighted by Gasteiger charge is 2.05. The zero-order valence-corrected chi connectivity index (χ0v) is 11.2. The maximum atomic E-state index is 4.08. The van der Waals surface area contributed by atoms with Crippen molar-refractivity contribution in [3.63, 3.8) is 0 Å². The Kier molecular flexibility index (Phi) is 3.46. The molecule has 3 aromatic rings. The first-order valence-electron chi connectivity index (χ1n) is 6.51. The molecule has 1 aromatic carbocycles. The summed E-state index contributed by atoms with van der Waals surface area (Å²) < 4.78 is 0. The molecule has 0 aliphatic carbocycles. The predicted octanol–water partition coefficient (Wildman–Crippen LogP) is 3.16. The SMILES string of the molecule is CCc1cc(-c2cncnc2)cc(-c2cncnc2)c1. The minimum absolute atomic E-state index is 0.974. The van der Waals surface area contributed by atoms with Gasteiger partial charge in [0.15, 0.2) is 0 Å². The van der Waals surface area contributed by atoms with Crippen LogP contribution in [0.5, 0.6) is 0 Å². The number of aromatic nitrogens is 4. The molecule has 0 bridgehead atoms. The minimum Gasteiger partial charge on any atom is -0.244 e. The van der Waals surface area contributed by atoms with Gasteiger partial charge in [0.2, 0.25) is 0 Å². The summed E-state index contributed by atoms with van der Waals surface area (Å²) >= 11 is 0. The van der Waals surface area contributed by atoms with Gasteiger partial charge in [-0.2, -0.15) is 0 Å². The molecule has 98 valence electrons. The Morgan fingerprint density at radius 1 is 0.650 bits per heavy atom. The lowest BCUT2D eigenvalue weighted by Crippen LogP contribution is -1.89. The van der Waals surface area contributed by atoms with Crippen LogP contribution in [0, 0.1) is 0 Å². The van der Waals surface area contributed by atoms with Crippen molar-refractivity contribution in [2.75, 3.05) is 0 Å². The van der Waals surface area contributed by atoms with Gasteiger partial charge >= 0.3 is 0 Å². The summed E-state index contributed by atoms with van der Waals surface area (Å²) in [6.45, 7) is 2.14. The summed E-state index contributed by atoms with van der Waals surface area (Å²) in [4.78, 5) is 16.3. The Balaban J connectivity index is 2.13. The minimum atomic E-state index is 0.974. The Morgan fingerprint density at radius 3 is 1.50 bits per heavy atom. The smallest absolute Gasteiger partial charge is 0.115 e. The Hall–Kier alpha value is -2.62. The fraction of sp³-hybridized carbons (Fsp3) is 0.125. The van der Waals surface area contributed by atoms with Gasteiger partial charge in [-0.1, -0.05) is 19.1 Å². The zero-order valence-electron chi connectivity index (χ0n) is 11.2. The van der Waals surface area contributed by atoms with Crippen molar-refractivity contribution >= 4 is 0 Å². The first-order valence-corrected chi connectivity index (χ1v) is 6.51. The van der Waals surface area contributed by atoms with Gasteiger partial charge in [0, 0.05) is 35.9 Å². The summed E-state index contributed by atoms with van der Waals surface area (Å²) in [5.74, 6) is 0. The summed E-state index contributed by atoms with van der Waals surface area (Å²) in [7, 11) is 0. The van der Waals surface area contributed by atoms with Crippen LogP contribution >= 0.6 is 0 Å². The summed E-state index contributed by atoms with van der Waals surface area (Å²) in [6.07, 6.45) is 11.4. The van der Waals surface area contributed by atoms with Crippen molar-refractivity contribution < 1.29 is 0 Å². The van der Waals surface area contributed by atoms with Crippen LogP contribution in [0.2, 0.25) is 0 Å². The van der Waals surface area contributed by atoms with Crippen molar-refractivity contribution in [2.45, 2.75) is 13.3 Å². The predicted molar refractivity (Wildman–Crippen MR) is 77.9 cm³/mol. The largest absolute Gasteiger partial charge is 0.244 e. The second-order valence-electron chi connectivity index (χ2n) is 4.53. The van der Waals surface area contributed by atoms with Gasteiger partial charge in [-0.25, -0.2) is 19.9 Å². The molecule has 20 heavy (non-hydrogen) atoms. The standard InChI is InChI=1S/C16H14N4/c1-2-12-3-13(15-6-17-10-18-7-15)5-14(4-12)16-8-19-11-20-9-16/h3-11H,2H2,1H3. The van der Waals surface area contributed by atoms with Crippen LogP contribution in [0.25, 0.3) is 22.3 Å². The van der Waals surface area contributed by atoms with Crippen LogP contribution in [0.4, 0.5) is 0 Å². The van der Waals surface area contributed by atoms with Crippen molar-refractivity contribution in [2.24, 2.45) is 0 Å². The van der Waals surface area contributed by atoms with E-state index in [-0.39, 0.29) is 0 Å². The van der Waals surface area contributed by atoms with Gasteiger partial charge in [-0.15, -0.1) is 0 Å². The molecule has 0 unspecified atom stereocenters. The van der Waals surface area contributed by atoms with Crippen LogP contribution in [0.15, 0.2) is 55.6 Å². The Labute approximate surface area is 117 Å². The topological polar surface area (TPSA) is 51.6 Å². The van der Waals surface area contributed by atoms with E-state index in [2.05, 4.69) is 45.1 Å². The van der Waals surface area contributed by atoms with Crippen LogP contribution in [-0.2, 0) is 6.42 Å². The molecule has 0 saturated carbocycles. The highest BCUT2D eigenvalue weighted by Crippen LogP contribution is 2.27. The van der Waals surface area contributed by atoms with E-state index < -0.39 is 0 Å². The molecule has 0 N–H and O–H groups in total. The fourth-order valence-electron chi connectivity index (χ4n) is 2.13. The van der Waals surface area contributed by atoms with Crippen LogP contribution < -0.4 is 0 Å². The maximum Gasteiger partial charge on any atom is 0.115 e. The molecular formula is C16H14N4. The monoisotopic (exact) mass is 262 g/mol. The molecule has 0 atom stereocenters. The van der Waals surface area contributed by atoms with Crippen LogP contribution in [0.1, 0.15) is 12.5 Å². The Morgan fingerprint density at radius 2 is 1.10 bits per heavy atom. The fourth-order valence-corrected chi connectivity index (χ4v) is 2.13. The van der Waals surface area contributed by atoms with Gasteiger partial charge in [-0.3, -0.25) is 0 Å². The highest BCUT2D eigenvalue weighted by atomic mass is 14.8. The van der Waals surface area contributed by atoms with Crippen LogP contribution in [0.3, 0.4) is 0 Å². The second kappa shape index (κ2) is 5.57. The van der Waals surface area contributed by atoms with Crippen molar-refractivity contribution in [1.29, 1.82) is 0 Å². The maximum absolute atomic E-state index is 4.08. The molecule has 3 rings (SSSR count). The number of benzene rings is 1. The molecule has 0 spiro atoms. The quantitative estimate of drug-likeness (QED) is 0.727. The summed E-state index contributed by atoms with van der Waals surface area (Å²) in [5, 5.41) is 0.